The van der Waals surface area contributed by atoms with Gasteiger partial charge in [0.25, 0.3) is 12.6 Å². The minimum absolute atomic E-state index is 0.0603. The summed E-state index contributed by atoms with van der Waals surface area (Å²) < 4.78 is 16.7. The molecule has 16 nitrogen and oxygen atoms in total. The van der Waals surface area contributed by atoms with Gasteiger partial charge in [-0.2, -0.15) is 0 Å². The average Bonchev–Trinajstić information content (AvgIpc) is 3.21. The van der Waals surface area contributed by atoms with Crippen LogP contribution < -0.4 is 0 Å². The number of alkyl halides is 1. The zero-order chi connectivity index (χ0) is 40.7. The molecule has 0 aromatic carbocycles. The highest BCUT2D eigenvalue weighted by molar-refractivity contribution is 14.1. The summed E-state index contributed by atoms with van der Waals surface area (Å²) in [5, 5.41) is 134. The van der Waals surface area contributed by atoms with E-state index in [1.165, 1.54) is 0 Å². The highest BCUT2D eigenvalue weighted by Crippen LogP contribution is 2.65. The first-order valence-corrected chi connectivity index (χ1v) is 19.7. The maximum atomic E-state index is 11.8. The lowest BCUT2D eigenvalue weighted by Crippen LogP contribution is -2.52. The summed E-state index contributed by atoms with van der Waals surface area (Å²) in [6.07, 6.45) is -9.03. The van der Waals surface area contributed by atoms with Crippen molar-refractivity contribution in [3.63, 3.8) is 0 Å². The zero-order valence-electron chi connectivity index (χ0n) is 31.2. The van der Waals surface area contributed by atoms with Gasteiger partial charge in [-0.3, -0.25) is 0 Å². The molecule has 0 spiro atoms. The molecule has 3 fully saturated rings. The van der Waals surface area contributed by atoms with Gasteiger partial charge in [0.15, 0.2) is 23.0 Å². The second-order valence-corrected chi connectivity index (χ2v) is 16.9. The smallest absolute Gasteiger partial charge is 0.259 e. The van der Waals surface area contributed by atoms with Gasteiger partial charge in [0.2, 0.25) is 17.8 Å². The first-order chi connectivity index (χ1) is 25.3. The first-order valence-electron chi connectivity index (χ1n) is 18.5. The van der Waals surface area contributed by atoms with Crippen LogP contribution in [0.3, 0.4) is 0 Å². The monoisotopic (exact) mass is 888 g/mol. The van der Waals surface area contributed by atoms with Crippen molar-refractivity contribution in [3.05, 3.63) is 46.7 Å². The zero-order valence-corrected chi connectivity index (χ0v) is 33.3. The fourth-order valence-corrected chi connectivity index (χ4v) is 9.63. The standard InChI is InChI=1S/C37H61IO16/c1-18-6-5-11-37(4)20(18)7-12-36(3)17-19(2)26(38)24(16-25(36)37)52-35(51)32(54-34(50)30(48)28(46)22(43)9-14-40)31(23(44)10-15-41)53-33(49)29(47)27(45)21(42)8-13-39/h18,20-26,33-35,39-51H,2,5-17H2,1,3-4H3/b29-27-,30-28+,32-31+/t18-,20?,21?,22?,23?,24?,25+,26?,33?,34?,35?,36+,37+/m0/s1. The lowest BCUT2D eigenvalue weighted by molar-refractivity contribution is -0.184. The number of fused-ring (bicyclic) bond motifs is 3. The Hall–Kier alpha value is -1.91. The molecule has 0 aliphatic heterocycles. The van der Waals surface area contributed by atoms with Crippen LogP contribution in [0.25, 0.3) is 0 Å². The highest BCUT2D eigenvalue weighted by atomic mass is 127. The predicted octanol–water partition coefficient (Wildman–Crippen LogP) is 2.47. The first kappa shape index (κ1) is 46.5. The third kappa shape index (κ3) is 10.5. The molecule has 0 bridgehead atoms. The van der Waals surface area contributed by atoms with Gasteiger partial charge in [0.05, 0.1) is 10.0 Å². The highest BCUT2D eigenvalue weighted by Gasteiger charge is 2.58. The Morgan fingerprint density at radius 3 is 1.76 bits per heavy atom. The Bertz CT molecular complexity index is 1350. The van der Waals surface area contributed by atoms with Crippen LogP contribution in [0.15, 0.2) is 46.7 Å². The van der Waals surface area contributed by atoms with E-state index in [9.17, 15) is 56.2 Å². The lowest BCUT2D eigenvalue weighted by atomic mass is 9.45. The molecular weight excluding hydrogens is 827 g/mol. The van der Waals surface area contributed by atoms with E-state index in [-0.39, 0.29) is 20.7 Å². The van der Waals surface area contributed by atoms with Crippen LogP contribution in [0.1, 0.15) is 85.0 Å². The van der Waals surface area contributed by atoms with E-state index >= 15 is 0 Å². The van der Waals surface area contributed by atoms with Crippen LogP contribution in [-0.2, 0) is 14.2 Å². The molecule has 3 aliphatic rings. The quantitative estimate of drug-likeness (QED) is 0.0309. The van der Waals surface area contributed by atoms with Gasteiger partial charge in [0.1, 0.15) is 18.3 Å². The molecule has 0 saturated heterocycles. The second-order valence-electron chi connectivity index (χ2n) is 15.5. The Kier molecular flexibility index (Phi) is 17.2. The van der Waals surface area contributed by atoms with Crippen molar-refractivity contribution in [2.24, 2.45) is 28.6 Å². The van der Waals surface area contributed by atoms with E-state index in [1.807, 2.05) is 0 Å². The summed E-state index contributed by atoms with van der Waals surface area (Å²) in [6.45, 7) is 9.30. The summed E-state index contributed by atoms with van der Waals surface area (Å²) in [7, 11) is 0. The van der Waals surface area contributed by atoms with E-state index in [4.69, 9.17) is 24.4 Å². The van der Waals surface area contributed by atoms with Crippen molar-refractivity contribution in [3.8, 4) is 0 Å². The molecule has 13 atom stereocenters. The molecule has 0 radical (unpaired) electrons. The van der Waals surface area contributed by atoms with Crippen molar-refractivity contribution in [2.75, 3.05) is 19.8 Å². The van der Waals surface area contributed by atoms with E-state index in [0.29, 0.717) is 24.7 Å². The predicted molar refractivity (Wildman–Crippen MR) is 201 cm³/mol. The number of aliphatic hydroxyl groups excluding tert-OH is 13. The van der Waals surface area contributed by atoms with Crippen molar-refractivity contribution < 1.29 is 80.6 Å². The number of rotatable bonds is 18. The van der Waals surface area contributed by atoms with Crippen LogP contribution in [-0.4, -0.2) is 133 Å². The Morgan fingerprint density at radius 1 is 0.741 bits per heavy atom. The molecule has 0 heterocycles. The van der Waals surface area contributed by atoms with Gasteiger partial charge in [-0.15, -0.1) is 0 Å². The summed E-state index contributed by atoms with van der Waals surface area (Å²) in [6, 6.07) is 0. The lowest BCUT2D eigenvalue weighted by Gasteiger charge is -2.60. The van der Waals surface area contributed by atoms with Gasteiger partial charge >= 0.3 is 0 Å². The van der Waals surface area contributed by atoms with E-state index < -0.39 is 117 Å². The molecule has 13 N–H and O–H groups in total. The van der Waals surface area contributed by atoms with Gasteiger partial charge in [-0.05, 0) is 60.7 Å². The fraction of sp³-hybridized carbons (Fsp3) is 0.784. The van der Waals surface area contributed by atoms with Gasteiger partial charge in [0, 0.05) is 39.1 Å². The molecule has 312 valence electrons. The van der Waals surface area contributed by atoms with Crippen molar-refractivity contribution >= 4 is 22.6 Å². The second kappa shape index (κ2) is 20.0. The van der Waals surface area contributed by atoms with Crippen LogP contribution in [0, 0.1) is 28.6 Å². The van der Waals surface area contributed by atoms with Crippen LogP contribution >= 0.6 is 22.6 Å². The maximum absolute atomic E-state index is 11.8. The van der Waals surface area contributed by atoms with Crippen LogP contribution in [0.5, 0.6) is 0 Å². The largest absolute Gasteiger partial charge is 0.506 e. The normalized spacial score (nSPS) is 33.6. The number of halogens is 1. The van der Waals surface area contributed by atoms with Crippen molar-refractivity contribution in [1.82, 2.24) is 0 Å². The van der Waals surface area contributed by atoms with Gasteiger partial charge in [-0.1, -0.05) is 68.4 Å². The third-order valence-corrected chi connectivity index (χ3v) is 13.5. The molecular formula is C37H61IO16. The summed E-state index contributed by atoms with van der Waals surface area (Å²) in [4.78, 5) is 0. The van der Waals surface area contributed by atoms with E-state index in [1.54, 1.807) is 0 Å². The number of hydrogen-bond acceptors (Lipinski definition) is 16. The number of hydrogen-bond donors (Lipinski definition) is 13. The molecule has 54 heavy (non-hydrogen) atoms. The summed E-state index contributed by atoms with van der Waals surface area (Å²) in [5.41, 5.74) is 0.663. The van der Waals surface area contributed by atoms with E-state index in [2.05, 4.69) is 49.9 Å². The molecule has 3 rings (SSSR count). The molecule has 17 heteroatoms. The molecule has 3 saturated carbocycles. The molecule has 9 unspecified atom stereocenters. The number of ether oxygens (including phenoxy) is 3. The molecule has 3 aliphatic carbocycles. The number of aliphatic hydroxyl groups is 13. The molecule has 0 aromatic rings. The fourth-order valence-electron chi connectivity index (χ4n) is 8.95. The SMILES string of the molecule is C=C1C[C@@]2(C)CCC3[C@@H](C)CCC[C@@]3(C)[C@@H]2CC(OC(O)/C(OC(O)/C(O)=C(\O)C(O)CCO)=C(\OC(O)/C(O)=C(/O)C(O)CCO)C(O)CCO)C1I. The molecule has 0 aromatic heterocycles. The maximum Gasteiger partial charge on any atom is 0.259 e. The van der Waals surface area contributed by atoms with Crippen molar-refractivity contribution in [2.45, 2.75) is 132 Å². The van der Waals surface area contributed by atoms with Crippen molar-refractivity contribution in [1.29, 1.82) is 0 Å². The summed E-state index contributed by atoms with van der Waals surface area (Å²) >= 11 is 2.18. The molecule has 0 amide bonds. The summed E-state index contributed by atoms with van der Waals surface area (Å²) in [5.74, 6) is -6.05. The minimum Gasteiger partial charge on any atom is -0.506 e. The van der Waals surface area contributed by atoms with Gasteiger partial charge < -0.3 is 80.6 Å². The topological polar surface area (TPSA) is 291 Å². The average molecular weight is 889 g/mol. The van der Waals surface area contributed by atoms with Gasteiger partial charge in [-0.25, -0.2) is 0 Å². The van der Waals surface area contributed by atoms with Crippen LogP contribution in [0.2, 0.25) is 0 Å². The Morgan fingerprint density at radius 2 is 1.24 bits per heavy atom. The van der Waals surface area contributed by atoms with E-state index in [0.717, 1.165) is 37.7 Å². The minimum atomic E-state index is -2.61. The Balaban J connectivity index is 2.15. The Labute approximate surface area is 329 Å². The third-order valence-electron chi connectivity index (χ3n) is 11.8. The van der Waals surface area contributed by atoms with Crippen LogP contribution in [0.4, 0.5) is 0 Å².